The van der Waals surface area contributed by atoms with E-state index in [0.717, 1.165) is 13.2 Å². The molecule has 0 bridgehead atoms. The van der Waals surface area contributed by atoms with Gasteiger partial charge in [0.05, 0.1) is 12.7 Å². The monoisotopic (exact) mass is 219 g/mol. The summed E-state index contributed by atoms with van der Waals surface area (Å²) in [5.74, 6) is 0. The van der Waals surface area contributed by atoms with Crippen molar-refractivity contribution in [3.8, 4) is 0 Å². The Morgan fingerprint density at radius 1 is 1.25 bits per heavy atom. The van der Waals surface area contributed by atoms with E-state index in [-0.39, 0.29) is 11.5 Å². The van der Waals surface area contributed by atoms with Gasteiger partial charge in [0, 0.05) is 18.0 Å². The summed E-state index contributed by atoms with van der Waals surface area (Å²) in [5.41, 5.74) is 1.48. The van der Waals surface area contributed by atoms with E-state index < -0.39 is 0 Å². The van der Waals surface area contributed by atoms with Gasteiger partial charge in [0.25, 0.3) is 0 Å². The highest BCUT2D eigenvalue weighted by Crippen LogP contribution is 2.28. The standard InChI is InChI=1S/C14H21NO/c1-11-13(12-7-5-4-6-8-12)16-10-14(2,3)9-15-11/h4-8,11,13,15H,9-10H2,1-3H3. The zero-order valence-corrected chi connectivity index (χ0v) is 10.4. The Balaban J connectivity index is 2.16. The van der Waals surface area contributed by atoms with Gasteiger partial charge in [0.1, 0.15) is 0 Å². The lowest BCUT2D eigenvalue weighted by Gasteiger charge is -2.22. The van der Waals surface area contributed by atoms with Crippen LogP contribution in [-0.2, 0) is 4.74 Å². The van der Waals surface area contributed by atoms with Gasteiger partial charge in [0.15, 0.2) is 0 Å². The predicted molar refractivity (Wildman–Crippen MR) is 66.4 cm³/mol. The van der Waals surface area contributed by atoms with Crippen LogP contribution in [0.3, 0.4) is 0 Å². The Labute approximate surface area is 98.0 Å². The zero-order valence-electron chi connectivity index (χ0n) is 10.4. The van der Waals surface area contributed by atoms with E-state index in [1.54, 1.807) is 0 Å². The molecule has 1 aliphatic rings. The second-order valence-electron chi connectivity index (χ2n) is 5.48. The summed E-state index contributed by atoms with van der Waals surface area (Å²) in [7, 11) is 0. The summed E-state index contributed by atoms with van der Waals surface area (Å²) in [6, 6.07) is 10.8. The second-order valence-corrected chi connectivity index (χ2v) is 5.48. The average molecular weight is 219 g/mol. The van der Waals surface area contributed by atoms with Gasteiger partial charge >= 0.3 is 0 Å². The number of ether oxygens (including phenoxy) is 1. The van der Waals surface area contributed by atoms with Gasteiger partial charge < -0.3 is 10.1 Å². The molecule has 0 amide bonds. The van der Waals surface area contributed by atoms with Crippen molar-refractivity contribution in [1.82, 2.24) is 5.32 Å². The van der Waals surface area contributed by atoms with Crippen molar-refractivity contribution in [2.24, 2.45) is 5.41 Å². The highest BCUT2D eigenvalue weighted by molar-refractivity contribution is 5.19. The minimum atomic E-state index is 0.169. The number of hydrogen-bond acceptors (Lipinski definition) is 2. The smallest absolute Gasteiger partial charge is 0.0975 e. The maximum Gasteiger partial charge on any atom is 0.0975 e. The molecule has 88 valence electrons. The van der Waals surface area contributed by atoms with Crippen LogP contribution in [0.25, 0.3) is 0 Å². The number of nitrogens with one attached hydrogen (secondary N) is 1. The molecule has 1 aromatic rings. The third-order valence-electron chi connectivity index (χ3n) is 3.14. The fraction of sp³-hybridized carbons (Fsp3) is 0.571. The average Bonchev–Trinajstić information content (AvgIpc) is 2.40. The Hall–Kier alpha value is -0.860. The second kappa shape index (κ2) is 4.56. The molecule has 0 radical (unpaired) electrons. The summed E-state index contributed by atoms with van der Waals surface area (Å²) in [5, 5.41) is 3.56. The van der Waals surface area contributed by atoms with Crippen molar-refractivity contribution < 1.29 is 4.74 Å². The fourth-order valence-electron chi connectivity index (χ4n) is 2.08. The van der Waals surface area contributed by atoms with Gasteiger partial charge in [-0.3, -0.25) is 0 Å². The molecule has 0 saturated carbocycles. The maximum atomic E-state index is 6.05. The van der Waals surface area contributed by atoms with Gasteiger partial charge in [0.2, 0.25) is 0 Å². The van der Waals surface area contributed by atoms with Crippen LogP contribution in [-0.4, -0.2) is 19.2 Å². The van der Waals surface area contributed by atoms with Crippen molar-refractivity contribution in [2.75, 3.05) is 13.2 Å². The van der Waals surface area contributed by atoms with Gasteiger partial charge in [-0.15, -0.1) is 0 Å². The topological polar surface area (TPSA) is 21.3 Å². The lowest BCUT2D eigenvalue weighted by Crippen LogP contribution is -2.35. The van der Waals surface area contributed by atoms with Crippen LogP contribution in [0.4, 0.5) is 0 Å². The van der Waals surface area contributed by atoms with E-state index in [2.05, 4.69) is 50.4 Å². The Kier molecular flexibility index (Phi) is 3.31. The zero-order chi connectivity index (χ0) is 11.6. The minimum Gasteiger partial charge on any atom is -0.371 e. The van der Waals surface area contributed by atoms with E-state index in [1.165, 1.54) is 5.56 Å². The molecule has 2 heteroatoms. The SMILES string of the molecule is CC1NCC(C)(C)COC1c1ccccc1. The molecule has 1 heterocycles. The van der Waals surface area contributed by atoms with Crippen molar-refractivity contribution in [3.63, 3.8) is 0 Å². The summed E-state index contributed by atoms with van der Waals surface area (Å²) >= 11 is 0. The first-order chi connectivity index (χ1) is 7.58. The van der Waals surface area contributed by atoms with Crippen molar-refractivity contribution in [2.45, 2.75) is 32.9 Å². The van der Waals surface area contributed by atoms with Crippen LogP contribution in [0, 0.1) is 5.41 Å². The molecule has 1 aliphatic heterocycles. The fourth-order valence-corrected chi connectivity index (χ4v) is 2.08. The van der Waals surface area contributed by atoms with E-state index in [4.69, 9.17) is 4.74 Å². The molecule has 1 aromatic carbocycles. The lowest BCUT2D eigenvalue weighted by atomic mass is 9.95. The summed E-state index contributed by atoms with van der Waals surface area (Å²) in [4.78, 5) is 0. The normalized spacial score (nSPS) is 29.7. The molecule has 0 aliphatic carbocycles. The van der Waals surface area contributed by atoms with E-state index in [9.17, 15) is 0 Å². The molecular formula is C14H21NO. The molecule has 1 saturated heterocycles. The van der Waals surface area contributed by atoms with E-state index in [0.29, 0.717) is 6.04 Å². The highest BCUT2D eigenvalue weighted by atomic mass is 16.5. The largest absolute Gasteiger partial charge is 0.371 e. The van der Waals surface area contributed by atoms with Crippen LogP contribution < -0.4 is 5.32 Å². The molecule has 1 fully saturated rings. The van der Waals surface area contributed by atoms with Crippen LogP contribution in [0.1, 0.15) is 32.4 Å². The van der Waals surface area contributed by atoms with Crippen LogP contribution in [0.5, 0.6) is 0 Å². The number of rotatable bonds is 1. The molecule has 2 atom stereocenters. The molecule has 2 unspecified atom stereocenters. The summed E-state index contributed by atoms with van der Waals surface area (Å²) in [6.07, 6.45) is 0.169. The molecule has 2 rings (SSSR count). The first kappa shape index (κ1) is 11.6. The first-order valence-corrected chi connectivity index (χ1v) is 5.98. The molecular weight excluding hydrogens is 198 g/mol. The highest BCUT2D eigenvalue weighted by Gasteiger charge is 2.29. The Bertz CT molecular complexity index is 334. The van der Waals surface area contributed by atoms with E-state index in [1.807, 2.05) is 6.07 Å². The molecule has 2 nitrogen and oxygen atoms in total. The van der Waals surface area contributed by atoms with Crippen LogP contribution in [0.2, 0.25) is 0 Å². The Morgan fingerprint density at radius 3 is 2.62 bits per heavy atom. The van der Waals surface area contributed by atoms with Crippen LogP contribution >= 0.6 is 0 Å². The number of benzene rings is 1. The van der Waals surface area contributed by atoms with E-state index >= 15 is 0 Å². The van der Waals surface area contributed by atoms with Gasteiger partial charge in [-0.25, -0.2) is 0 Å². The summed E-state index contributed by atoms with van der Waals surface area (Å²) in [6.45, 7) is 8.49. The number of hydrogen-bond donors (Lipinski definition) is 1. The van der Waals surface area contributed by atoms with Gasteiger partial charge in [-0.05, 0) is 12.5 Å². The molecule has 16 heavy (non-hydrogen) atoms. The minimum absolute atomic E-state index is 0.169. The van der Waals surface area contributed by atoms with Gasteiger partial charge in [-0.1, -0.05) is 44.2 Å². The maximum absolute atomic E-state index is 6.05. The molecule has 0 aromatic heterocycles. The predicted octanol–water partition coefficient (Wildman–Crippen LogP) is 2.76. The lowest BCUT2D eigenvalue weighted by molar-refractivity contribution is 0.0127. The molecule has 0 spiro atoms. The third kappa shape index (κ3) is 2.63. The van der Waals surface area contributed by atoms with Crippen LogP contribution in [0.15, 0.2) is 30.3 Å². The summed E-state index contributed by atoms with van der Waals surface area (Å²) < 4.78 is 6.05. The quantitative estimate of drug-likeness (QED) is 0.784. The van der Waals surface area contributed by atoms with Crippen molar-refractivity contribution in [3.05, 3.63) is 35.9 Å². The van der Waals surface area contributed by atoms with Crippen molar-refractivity contribution >= 4 is 0 Å². The third-order valence-corrected chi connectivity index (χ3v) is 3.14. The Morgan fingerprint density at radius 2 is 1.94 bits per heavy atom. The molecule has 1 N–H and O–H groups in total. The van der Waals surface area contributed by atoms with Crippen molar-refractivity contribution in [1.29, 1.82) is 0 Å². The first-order valence-electron chi connectivity index (χ1n) is 5.98. The van der Waals surface area contributed by atoms with Gasteiger partial charge in [-0.2, -0.15) is 0 Å².